The van der Waals surface area contributed by atoms with Crippen molar-refractivity contribution >= 4 is 23.4 Å². The average molecular weight is 459 g/mol. The second-order valence-corrected chi connectivity index (χ2v) is 8.54. The Morgan fingerprint density at radius 2 is 1.88 bits per heavy atom. The molecule has 0 saturated heterocycles. The average Bonchev–Trinajstić information content (AvgIpc) is 3.16. The van der Waals surface area contributed by atoms with E-state index >= 15 is 0 Å². The second-order valence-electron chi connectivity index (χ2n) is 7.60. The topological polar surface area (TPSA) is 78.3 Å². The Morgan fingerprint density at radius 3 is 2.59 bits per heavy atom. The van der Waals surface area contributed by atoms with E-state index in [0.717, 1.165) is 0 Å². The highest BCUT2D eigenvalue weighted by Gasteiger charge is 2.21. The van der Waals surface area contributed by atoms with Gasteiger partial charge in [-0.3, -0.25) is 4.79 Å². The number of para-hydroxylation sites is 1. The Hall–Kier alpha value is -3.07. The number of hydrogen-bond donors (Lipinski definition) is 1. The molecule has 1 atom stereocenters. The van der Waals surface area contributed by atoms with E-state index in [2.05, 4.69) is 29.4 Å². The molecule has 1 amide bonds. The SMILES string of the molecule is COc1cccc(OC(C)c2nnc(SCC(=O)Nc3ccccc3F)n2CC(C)C)c1. The summed E-state index contributed by atoms with van der Waals surface area (Å²) in [4.78, 5) is 12.3. The number of hydrogen-bond acceptors (Lipinski definition) is 6. The Kier molecular flexibility index (Phi) is 8.10. The fourth-order valence-electron chi connectivity index (χ4n) is 3.05. The lowest BCUT2D eigenvalue weighted by molar-refractivity contribution is -0.113. The van der Waals surface area contributed by atoms with Gasteiger partial charge in [0.15, 0.2) is 17.1 Å². The summed E-state index contributed by atoms with van der Waals surface area (Å²) in [6.07, 6.45) is -0.366. The van der Waals surface area contributed by atoms with E-state index in [1.54, 1.807) is 19.2 Å². The van der Waals surface area contributed by atoms with E-state index in [1.165, 1.54) is 23.9 Å². The molecule has 7 nitrogen and oxygen atoms in total. The molecule has 3 aromatic rings. The minimum atomic E-state index is -0.473. The lowest BCUT2D eigenvalue weighted by Crippen LogP contribution is -2.17. The number of aromatic nitrogens is 3. The summed E-state index contributed by atoms with van der Waals surface area (Å²) < 4.78 is 27.1. The third kappa shape index (κ3) is 6.23. The quantitative estimate of drug-likeness (QED) is 0.433. The Morgan fingerprint density at radius 1 is 1.12 bits per heavy atom. The predicted molar refractivity (Wildman–Crippen MR) is 123 cm³/mol. The normalized spacial score (nSPS) is 11.9. The fourth-order valence-corrected chi connectivity index (χ4v) is 3.81. The van der Waals surface area contributed by atoms with Crippen LogP contribution in [0.2, 0.25) is 0 Å². The lowest BCUT2D eigenvalue weighted by atomic mass is 10.2. The maximum atomic E-state index is 13.8. The first-order valence-electron chi connectivity index (χ1n) is 10.3. The van der Waals surface area contributed by atoms with Gasteiger partial charge in [-0.25, -0.2) is 4.39 Å². The number of carbonyl (C=O) groups is 1. The van der Waals surface area contributed by atoms with Crippen LogP contribution in [0.25, 0.3) is 0 Å². The van der Waals surface area contributed by atoms with Crippen LogP contribution in [0, 0.1) is 11.7 Å². The molecule has 0 bridgehead atoms. The van der Waals surface area contributed by atoms with Gasteiger partial charge in [0.05, 0.1) is 18.6 Å². The fraction of sp³-hybridized carbons (Fsp3) is 0.348. The number of thioether (sulfide) groups is 1. The summed E-state index contributed by atoms with van der Waals surface area (Å²) in [7, 11) is 1.60. The largest absolute Gasteiger partial charge is 0.497 e. The zero-order valence-electron chi connectivity index (χ0n) is 18.5. The maximum Gasteiger partial charge on any atom is 0.234 e. The smallest absolute Gasteiger partial charge is 0.234 e. The third-order valence-corrected chi connectivity index (χ3v) is 5.46. The van der Waals surface area contributed by atoms with Crippen molar-refractivity contribution in [1.29, 1.82) is 0 Å². The molecule has 9 heteroatoms. The first-order valence-corrected chi connectivity index (χ1v) is 11.3. The standard InChI is InChI=1S/C23H27FN4O3S/c1-15(2)13-28-22(16(3)31-18-9-7-8-17(12-18)30-4)26-27-23(28)32-14-21(29)25-20-11-6-5-10-19(20)24/h5-12,15-16H,13-14H2,1-4H3,(H,25,29). The number of rotatable bonds is 10. The van der Waals surface area contributed by atoms with Gasteiger partial charge in [-0.15, -0.1) is 10.2 Å². The van der Waals surface area contributed by atoms with Gasteiger partial charge < -0.3 is 19.4 Å². The van der Waals surface area contributed by atoms with Gasteiger partial charge in [-0.05, 0) is 37.1 Å². The van der Waals surface area contributed by atoms with E-state index in [-0.39, 0.29) is 23.5 Å². The first kappa shape index (κ1) is 23.6. The number of anilines is 1. The summed E-state index contributed by atoms with van der Waals surface area (Å²) in [5.41, 5.74) is 0.155. The molecule has 0 radical (unpaired) electrons. The van der Waals surface area contributed by atoms with Crippen LogP contribution in [0.1, 0.15) is 32.7 Å². The molecule has 0 aliphatic carbocycles. The molecule has 1 unspecified atom stereocenters. The molecule has 0 aliphatic rings. The van der Waals surface area contributed by atoms with E-state index in [0.29, 0.717) is 34.9 Å². The molecule has 0 saturated carbocycles. The number of amides is 1. The molecule has 1 heterocycles. The van der Waals surface area contributed by atoms with Crippen molar-refractivity contribution in [3.8, 4) is 11.5 Å². The van der Waals surface area contributed by atoms with Crippen LogP contribution in [0.4, 0.5) is 10.1 Å². The van der Waals surface area contributed by atoms with Crippen LogP contribution >= 0.6 is 11.8 Å². The molecule has 0 spiro atoms. The predicted octanol–water partition coefficient (Wildman–Crippen LogP) is 4.95. The van der Waals surface area contributed by atoms with Crippen molar-refractivity contribution in [3.05, 3.63) is 60.2 Å². The number of carbonyl (C=O) groups excluding carboxylic acids is 1. The van der Waals surface area contributed by atoms with Crippen LogP contribution in [-0.2, 0) is 11.3 Å². The van der Waals surface area contributed by atoms with Gasteiger partial charge in [0.25, 0.3) is 0 Å². The summed E-state index contributed by atoms with van der Waals surface area (Å²) >= 11 is 1.25. The summed E-state index contributed by atoms with van der Waals surface area (Å²) in [5, 5.41) is 11.8. The van der Waals surface area contributed by atoms with E-state index in [9.17, 15) is 9.18 Å². The van der Waals surface area contributed by atoms with Crippen molar-refractivity contribution < 1.29 is 18.7 Å². The molecule has 2 aromatic carbocycles. The zero-order chi connectivity index (χ0) is 23.1. The highest BCUT2D eigenvalue weighted by molar-refractivity contribution is 7.99. The Labute approximate surface area is 191 Å². The summed E-state index contributed by atoms with van der Waals surface area (Å²) in [6, 6.07) is 13.4. The first-order chi connectivity index (χ1) is 15.4. The van der Waals surface area contributed by atoms with Gasteiger partial charge in [-0.1, -0.05) is 43.8 Å². The van der Waals surface area contributed by atoms with E-state index in [4.69, 9.17) is 9.47 Å². The highest BCUT2D eigenvalue weighted by atomic mass is 32.2. The second kappa shape index (κ2) is 11.0. The molecule has 0 aliphatic heterocycles. The zero-order valence-corrected chi connectivity index (χ0v) is 19.4. The molecular formula is C23H27FN4O3S. The number of halogens is 1. The number of nitrogens with zero attached hydrogens (tertiary/aromatic N) is 3. The number of benzene rings is 2. The lowest BCUT2D eigenvalue weighted by Gasteiger charge is -2.18. The minimum absolute atomic E-state index is 0.0791. The number of ether oxygens (including phenoxy) is 2. The molecule has 170 valence electrons. The van der Waals surface area contributed by atoms with Crippen molar-refractivity contribution in [1.82, 2.24) is 14.8 Å². The summed E-state index contributed by atoms with van der Waals surface area (Å²) in [5.74, 6) is 1.65. The molecule has 32 heavy (non-hydrogen) atoms. The van der Waals surface area contributed by atoms with E-state index < -0.39 is 5.82 Å². The maximum absolute atomic E-state index is 13.8. The third-order valence-electron chi connectivity index (χ3n) is 4.49. The molecule has 1 N–H and O–H groups in total. The van der Waals surface area contributed by atoms with Crippen LogP contribution in [-0.4, -0.2) is 33.5 Å². The minimum Gasteiger partial charge on any atom is -0.497 e. The number of nitrogens with one attached hydrogen (secondary N) is 1. The van der Waals surface area contributed by atoms with Crippen LogP contribution in [0.3, 0.4) is 0 Å². The molecule has 0 fully saturated rings. The Bertz CT molecular complexity index is 1060. The van der Waals surface area contributed by atoms with Gasteiger partial charge in [0.1, 0.15) is 17.3 Å². The van der Waals surface area contributed by atoms with Crippen molar-refractivity contribution in [2.24, 2.45) is 5.92 Å². The molecule has 1 aromatic heterocycles. The van der Waals surface area contributed by atoms with Crippen molar-refractivity contribution in [2.45, 2.75) is 38.6 Å². The van der Waals surface area contributed by atoms with Gasteiger partial charge in [0, 0.05) is 12.6 Å². The van der Waals surface area contributed by atoms with Crippen LogP contribution < -0.4 is 14.8 Å². The van der Waals surface area contributed by atoms with Crippen molar-refractivity contribution in [3.63, 3.8) is 0 Å². The highest BCUT2D eigenvalue weighted by Crippen LogP contribution is 2.27. The molecular weight excluding hydrogens is 431 g/mol. The van der Waals surface area contributed by atoms with Crippen LogP contribution in [0.5, 0.6) is 11.5 Å². The monoisotopic (exact) mass is 458 g/mol. The van der Waals surface area contributed by atoms with Crippen LogP contribution in [0.15, 0.2) is 53.7 Å². The summed E-state index contributed by atoms with van der Waals surface area (Å²) in [6.45, 7) is 6.76. The van der Waals surface area contributed by atoms with E-state index in [1.807, 2.05) is 35.8 Å². The number of methoxy groups -OCH3 is 1. The van der Waals surface area contributed by atoms with Gasteiger partial charge in [0.2, 0.25) is 5.91 Å². The van der Waals surface area contributed by atoms with Crippen molar-refractivity contribution in [2.75, 3.05) is 18.2 Å². The Balaban J connectivity index is 1.71. The van der Waals surface area contributed by atoms with Gasteiger partial charge in [-0.2, -0.15) is 0 Å². The molecule has 3 rings (SSSR count). The van der Waals surface area contributed by atoms with Gasteiger partial charge >= 0.3 is 0 Å².